The number of rotatable bonds is 2. The summed E-state index contributed by atoms with van der Waals surface area (Å²) in [4.78, 5) is 14.2. The van der Waals surface area contributed by atoms with E-state index in [9.17, 15) is 4.79 Å². The maximum atomic E-state index is 10.2. The maximum absolute atomic E-state index is 10.2. The van der Waals surface area contributed by atoms with Gasteiger partial charge in [-0.3, -0.25) is 9.78 Å². The van der Waals surface area contributed by atoms with Gasteiger partial charge in [0.1, 0.15) is 0 Å². The van der Waals surface area contributed by atoms with E-state index in [-0.39, 0.29) is 6.04 Å². The van der Waals surface area contributed by atoms with Crippen molar-refractivity contribution in [2.45, 2.75) is 13.0 Å². The van der Waals surface area contributed by atoms with Crippen LogP contribution in [-0.4, -0.2) is 11.3 Å². The predicted molar refractivity (Wildman–Crippen MR) is 42.2 cm³/mol. The molecule has 0 saturated heterocycles. The average Bonchev–Trinajstić information content (AvgIpc) is 2.05. The molecule has 1 rings (SSSR count). The zero-order valence-electron chi connectivity index (χ0n) is 6.32. The van der Waals surface area contributed by atoms with Crippen molar-refractivity contribution in [2.75, 3.05) is 0 Å². The summed E-state index contributed by atoms with van der Waals surface area (Å²) in [7, 11) is 0. The fraction of sp³-hybridized carbons (Fsp3) is 0.250. The van der Waals surface area contributed by atoms with E-state index in [1.807, 2.05) is 6.92 Å². The highest BCUT2D eigenvalue weighted by Gasteiger charge is 1.98. The van der Waals surface area contributed by atoms with Crippen molar-refractivity contribution in [1.82, 2.24) is 4.98 Å². The topological polar surface area (TPSA) is 56.0 Å². The van der Waals surface area contributed by atoms with Crippen LogP contribution in [0.2, 0.25) is 0 Å². The van der Waals surface area contributed by atoms with Crippen LogP contribution in [0.1, 0.15) is 29.0 Å². The Morgan fingerprint density at radius 1 is 1.64 bits per heavy atom. The van der Waals surface area contributed by atoms with E-state index in [1.54, 1.807) is 12.1 Å². The van der Waals surface area contributed by atoms with Gasteiger partial charge in [-0.25, -0.2) is 0 Å². The van der Waals surface area contributed by atoms with Gasteiger partial charge < -0.3 is 5.73 Å². The lowest BCUT2D eigenvalue weighted by atomic mass is 10.2. The normalized spacial score (nSPS) is 12.5. The van der Waals surface area contributed by atoms with Crippen LogP contribution in [0.15, 0.2) is 18.3 Å². The number of hydrogen-bond donors (Lipinski definition) is 1. The van der Waals surface area contributed by atoms with Gasteiger partial charge in [0, 0.05) is 17.8 Å². The number of carbonyl (C=O) groups excluding carboxylic acids is 1. The van der Waals surface area contributed by atoms with Crippen molar-refractivity contribution in [3.05, 3.63) is 29.6 Å². The Hall–Kier alpha value is -1.22. The SMILES string of the molecule is C[C@@H](N)c1ccc(C=O)cn1. The molecule has 0 aromatic carbocycles. The minimum atomic E-state index is -0.0734. The summed E-state index contributed by atoms with van der Waals surface area (Å²) in [5, 5.41) is 0. The molecule has 0 aliphatic heterocycles. The monoisotopic (exact) mass is 150 g/mol. The quantitative estimate of drug-likeness (QED) is 0.637. The zero-order chi connectivity index (χ0) is 8.27. The Balaban J connectivity index is 2.91. The van der Waals surface area contributed by atoms with Gasteiger partial charge >= 0.3 is 0 Å². The van der Waals surface area contributed by atoms with E-state index in [0.717, 1.165) is 12.0 Å². The number of hydrogen-bond acceptors (Lipinski definition) is 3. The van der Waals surface area contributed by atoms with Crippen molar-refractivity contribution < 1.29 is 4.79 Å². The first kappa shape index (κ1) is 7.88. The maximum Gasteiger partial charge on any atom is 0.151 e. The molecule has 0 fully saturated rings. The van der Waals surface area contributed by atoms with Crippen molar-refractivity contribution in [3.63, 3.8) is 0 Å². The standard InChI is InChI=1S/C8H10N2O/c1-6(9)8-3-2-7(5-11)4-10-8/h2-6H,9H2,1H3/t6-/m1/s1. The molecule has 0 radical (unpaired) electrons. The second-order valence-corrected chi connectivity index (χ2v) is 2.42. The predicted octanol–water partition coefficient (Wildman–Crippen LogP) is 0.914. The van der Waals surface area contributed by atoms with Crippen LogP contribution in [0.25, 0.3) is 0 Å². The van der Waals surface area contributed by atoms with Crippen molar-refractivity contribution >= 4 is 6.29 Å². The smallest absolute Gasteiger partial charge is 0.151 e. The fourth-order valence-corrected chi connectivity index (χ4v) is 0.756. The third-order valence-corrected chi connectivity index (χ3v) is 1.41. The average molecular weight is 150 g/mol. The molecule has 3 nitrogen and oxygen atoms in total. The number of carbonyl (C=O) groups is 1. The summed E-state index contributed by atoms with van der Waals surface area (Å²) in [6, 6.07) is 3.39. The van der Waals surface area contributed by atoms with Gasteiger partial charge in [0.25, 0.3) is 0 Å². The Labute approximate surface area is 65.2 Å². The van der Waals surface area contributed by atoms with Crippen LogP contribution >= 0.6 is 0 Å². The van der Waals surface area contributed by atoms with Gasteiger partial charge in [-0.15, -0.1) is 0 Å². The molecule has 1 aromatic heterocycles. The van der Waals surface area contributed by atoms with E-state index in [1.165, 1.54) is 6.20 Å². The molecule has 0 amide bonds. The van der Waals surface area contributed by atoms with Crippen LogP contribution in [0.4, 0.5) is 0 Å². The van der Waals surface area contributed by atoms with Crippen molar-refractivity contribution in [1.29, 1.82) is 0 Å². The summed E-state index contributed by atoms with van der Waals surface area (Å²) in [6.07, 6.45) is 2.28. The van der Waals surface area contributed by atoms with E-state index in [2.05, 4.69) is 4.98 Å². The first-order valence-corrected chi connectivity index (χ1v) is 3.40. The van der Waals surface area contributed by atoms with Crippen LogP contribution in [0.5, 0.6) is 0 Å². The van der Waals surface area contributed by atoms with E-state index in [0.29, 0.717) is 5.56 Å². The Morgan fingerprint density at radius 2 is 2.36 bits per heavy atom. The molecule has 3 heteroatoms. The minimum Gasteiger partial charge on any atom is -0.323 e. The van der Waals surface area contributed by atoms with Crippen LogP contribution in [0, 0.1) is 0 Å². The lowest BCUT2D eigenvalue weighted by molar-refractivity contribution is 0.112. The van der Waals surface area contributed by atoms with Crippen molar-refractivity contribution in [3.8, 4) is 0 Å². The Morgan fingerprint density at radius 3 is 2.73 bits per heavy atom. The molecule has 2 N–H and O–H groups in total. The van der Waals surface area contributed by atoms with Crippen molar-refractivity contribution in [2.24, 2.45) is 5.73 Å². The molecule has 0 saturated carbocycles. The Kier molecular flexibility index (Phi) is 2.33. The third kappa shape index (κ3) is 1.85. The summed E-state index contributed by atoms with van der Waals surface area (Å²) >= 11 is 0. The molecule has 1 aromatic rings. The number of nitrogens with zero attached hydrogens (tertiary/aromatic N) is 1. The van der Waals surface area contributed by atoms with E-state index < -0.39 is 0 Å². The lowest BCUT2D eigenvalue weighted by Gasteiger charge is -2.02. The zero-order valence-corrected chi connectivity index (χ0v) is 6.32. The molecular formula is C8H10N2O. The fourth-order valence-electron chi connectivity index (χ4n) is 0.756. The molecule has 1 atom stereocenters. The number of aldehydes is 1. The van der Waals surface area contributed by atoms with Gasteiger partial charge in [-0.2, -0.15) is 0 Å². The second-order valence-electron chi connectivity index (χ2n) is 2.42. The molecule has 0 aliphatic carbocycles. The van der Waals surface area contributed by atoms with Crippen LogP contribution < -0.4 is 5.73 Å². The van der Waals surface area contributed by atoms with Gasteiger partial charge in [0.15, 0.2) is 6.29 Å². The first-order valence-electron chi connectivity index (χ1n) is 3.40. The molecule has 58 valence electrons. The van der Waals surface area contributed by atoms with E-state index in [4.69, 9.17) is 5.73 Å². The number of nitrogens with two attached hydrogens (primary N) is 1. The summed E-state index contributed by atoms with van der Waals surface area (Å²) < 4.78 is 0. The highest BCUT2D eigenvalue weighted by atomic mass is 16.1. The lowest BCUT2D eigenvalue weighted by Crippen LogP contribution is -2.06. The number of pyridine rings is 1. The second kappa shape index (κ2) is 3.25. The molecule has 0 bridgehead atoms. The molecule has 0 unspecified atom stereocenters. The highest BCUT2D eigenvalue weighted by Crippen LogP contribution is 2.05. The number of aromatic nitrogens is 1. The molecule has 11 heavy (non-hydrogen) atoms. The van der Waals surface area contributed by atoms with E-state index >= 15 is 0 Å². The summed E-state index contributed by atoms with van der Waals surface area (Å²) in [6.45, 7) is 1.85. The molecular weight excluding hydrogens is 140 g/mol. The minimum absolute atomic E-state index is 0.0734. The van der Waals surface area contributed by atoms with Gasteiger partial charge in [-0.1, -0.05) is 0 Å². The van der Waals surface area contributed by atoms with Gasteiger partial charge in [-0.05, 0) is 19.1 Å². The van der Waals surface area contributed by atoms with Crippen LogP contribution in [-0.2, 0) is 0 Å². The molecule has 0 aliphatic rings. The largest absolute Gasteiger partial charge is 0.323 e. The third-order valence-electron chi connectivity index (χ3n) is 1.41. The highest BCUT2D eigenvalue weighted by molar-refractivity contribution is 5.73. The summed E-state index contributed by atoms with van der Waals surface area (Å²) in [5.74, 6) is 0. The molecule has 1 heterocycles. The molecule has 0 spiro atoms. The Bertz CT molecular complexity index is 241. The van der Waals surface area contributed by atoms with Crippen LogP contribution in [0.3, 0.4) is 0 Å². The van der Waals surface area contributed by atoms with Gasteiger partial charge in [0.05, 0.1) is 5.69 Å². The summed E-state index contributed by atoms with van der Waals surface area (Å²) in [5.41, 5.74) is 6.93. The van der Waals surface area contributed by atoms with Gasteiger partial charge in [0.2, 0.25) is 0 Å². The first-order chi connectivity index (χ1) is 5.24.